The van der Waals surface area contributed by atoms with E-state index in [1.165, 1.54) is 18.2 Å². The summed E-state index contributed by atoms with van der Waals surface area (Å²) in [5.74, 6) is 0.711. The number of carbonyl (C=O) groups excluding carboxylic acids is 1. The fourth-order valence-corrected chi connectivity index (χ4v) is 2.20. The third kappa shape index (κ3) is 6.16. The average Bonchev–Trinajstić information content (AvgIpc) is 2.52. The smallest absolute Gasteiger partial charge is 0.305 e. The summed E-state index contributed by atoms with van der Waals surface area (Å²) in [5.41, 5.74) is 2.57. The first-order valence-electron chi connectivity index (χ1n) is 7.61. The van der Waals surface area contributed by atoms with Crippen LogP contribution in [0.4, 0.5) is 0 Å². The number of guanidine groups is 1. The molecular weight excluding hydrogens is 278 g/mol. The van der Waals surface area contributed by atoms with Crippen LogP contribution in [-0.4, -0.2) is 44.6 Å². The highest BCUT2D eigenvalue weighted by Crippen LogP contribution is 2.09. The molecule has 22 heavy (non-hydrogen) atoms. The largest absolute Gasteiger partial charge is 0.469 e. The molecular formula is C17H27N3O2. The maximum atomic E-state index is 11.0. The number of ether oxygens (including phenoxy) is 1. The monoisotopic (exact) mass is 305 g/mol. The second kappa shape index (κ2) is 9.82. The van der Waals surface area contributed by atoms with Crippen molar-refractivity contribution in [3.8, 4) is 0 Å². The Balaban J connectivity index is 2.38. The lowest BCUT2D eigenvalue weighted by atomic mass is 10.1. The second-order valence-corrected chi connectivity index (χ2v) is 5.29. The molecule has 0 bridgehead atoms. The zero-order valence-corrected chi connectivity index (χ0v) is 14.1. The van der Waals surface area contributed by atoms with Gasteiger partial charge < -0.3 is 15.0 Å². The zero-order chi connectivity index (χ0) is 16.4. The van der Waals surface area contributed by atoms with Crippen molar-refractivity contribution in [3.63, 3.8) is 0 Å². The van der Waals surface area contributed by atoms with Gasteiger partial charge in [-0.2, -0.15) is 0 Å². The first kappa shape index (κ1) is 18.0. The Kier molecular flexibility index (Phi) is 8.04. The van der Waals surface area contributed by atoms with Gasteiger partial charge in [-0.15, -0.1) is 0 Å². The number of aryl methyl sites for hydroxylation is 1. The maximum absolute atomic E-state index is 11.0. The molecule has 1 aromatic rings. The Hall–Kier alpha value is -2.04. The van der Waals surface area contributed by atoms with Crippen molar-refractivity contribution in [1.82, 2.24) is 10.2 Å². The molecule has 0 radical (unpaired) electrons. The minimum atomic E-state index is -0.152. The van der Waals surface area contributed by atoms with E-state index in [0.717, 1.165) is 31.9 Å². The standard InChI is InChI=1S/C17H27N3O2/c1-14-9-5-6-10-15(14)13-20(3)17(18-2)19-12-8-7-11-16(21)22-4/h5-6,9-10H,7-8,11-13H2,1-4H3,(H,18,19). The Labute approximate surface area is 133 Å². The van der Waals surface area contributed by atoms with E-state index in [9.17, 15) is 4.79 Å². The summed E-state index contributed by atoms with van der Waals surface area (Å²) in [4.78, 5) is 17.4. The topological polar surface area (TPSA) is 53.9 Å². The summed E-state index contributed by atoms with van der Waals surface area (Å²) in [6, 6.07) is 8.36. The number of aliphatic imine (C=N–C) groups is 1. The van der Waals surface area contributed by atoms with Crippen LogP contribution in [0.2, 0.25) is 0 Å². The fraction of sp³-hybridized carbons (Fsp3) is 0.529. The van der Waals surface area contributed by atoms with Crippen molar-refractivity contribution >= 4 is 11.9 Å². The molecule has 1 N–H and O–H groups in total. The molecule has 122 valence electrons. The van der Waals surface area contributed by atoms with Crippen LogP contribution in [0.3, 0.4) is 0 Å². The van der Waals surface area contributed by atoms with Gasteiger partial charge in [0, 0.05) is 33.6 Å². The van der Waals surface area contributed by atoms with Gasteiger partial charge in [-0.1, -0.05) is 24.3 Å². The van der Waals surface area contributed by atoms with Crippen molar-refractivity contribution in [3.05, 3.63) is 35.4 Å². The van der Waals surface area contributed by atoms with Crippen molar-refractivity contribution in [2.45, 2.75) is 32.7 Å². The fourth-order valence-electron chi connectivity index (χ4n) is 2.20. The number of nitrogens with zero attached hydrogens (tertiary/aromatic N) is 2. The molecule has 1 rings (SSSR count). The lowest BCUT2D eigenvalue weighted by molar-refractivity contribution is -0.140. The lowest BCUT2D eigenvalue weighted by Crippen LogP contribution is -2.39. The molecule has 0 spiro atoms. The van der Waals surface area contributed by atoms with Crippen LogP contribution >= 0.6 is 0 Å². The minimum Gasteiger partial charge on any atom is -0.469 e. The number of rotatable bonds is 7. The predicted molar refractivity (Wildman–Crippen MR) is 89.9 cm³/mol. The van der Waals surface area contributed by atoms with Gasteiger partial charge in [-0.3, -0.25) is 9.79 Å². The van der Waals surface area contributed by atoms with E-state index in [2.05, 4.69) is 45.1 Å². The number of methoxy groups -OCH3 is 1. The highest BCUT2D eigenvalue weighted by atomic mass is 16.5. The minimum absolute atomic E-state index is 0.152. The first-order chi connectivity index (χ1) is 10.6. The molecule has 0 aliphatic carbocycles. The quantitative estimate of drug-likeness (QED) is 0.364. The van der Waals surface area contributed by atoms with Gasteiger partial charge >= 0.3 is 5.97 Å². The molecule has 5 nitrogen and oxygen atoms in total. The van der Waals surface area contributed by atoms with Crippen molar-refractivity contribution in [1.29, 1.82) is 0 Å². The van der Waals surface area contributed by atoms with Gasteiger partial charge in [-0.25, -0.2) is 0 Å². The van der Waals surface area contributed by atoms with Crippen LogP contribution in [-0.2, 0) is 16.1 Å². The summed E-state index contributed by atoms with van der Waals surface area (Å²) in [5, 5.41) is 3.32. The number of nitrogens with one attached hydrogen (secondary N) is 1. The third-order valence-electron chi connectivity index (χ3n) is 3.56. The summed E-state index contributed by atoms with van der Waals surface area (Å²) in [6.07, 6.45) is 2.19. The van der Waals surface area contributed by atoms with Gasteiger partial charge in [0.25, 0.3) is 0 Å². The van der Waals surface area contributed by atoms with Crippen molar-refractivity contribution < 1.29 is 9.53 Å². The van der Waals surface area contributed by atoms with Gasteiger partial charge in [0.1, 0.15) is 0 Å². The van der Waals surface area contributed by atoms with Crippen molar-refractivity contribution in [2.75, 3.05) is 27.7 Å². The summed E-state index contributed by atoms with van der Waals surface area (Å²) in [7, 11) is 5.23. The van der Waals surface area contributed by atoms with Crippen molar-refractivity contribution in [2.24, 2.45) is 4.99 Å². The number of benzene rings is 1. The number of carbonyl (C=O) groups is 1. The molecule has 0 heterocycles. The number of esters is 1. The Bertz CT molecular complexity index is 500. The molecule has 0 saturated carbocycles. The highest BCUT2D eigenvalue weighted by Gasteiger charge is 2.07. The van der Waals surface area contributed by atoms with Crippen LogP contribution in [0.25, 0.3) is 0 Å². The molecule has 1 aromatic carbocycles. The molecule has 0 atom stereocenters. The Morgan fingerprint density at radius 3 is 2.68 bits per heavy atom. The molecule has 0 saturated heterocycles. The molecule has 0 aliphatic rings. The van der Waals surface area contributed by atoms with E-state index >= 15 is 0 Å². The lowest BCUT2D eigenvalue weighted by Gasteiger charge is -2.23. The highest BCUT2D eigenvalue weighted by molar-refractivity contribution is 5.79. The second-order valence-electron chi connectivity index (χ2n) is 5.29. The van der Waals surface area contributed by atoms with Gasteiger partial charge in [0.05, 0.1) is 7.11 Å². The molecule has 5 heteroatoms. The van der Waals surface area contributed by atoms with E-state index in [-0.39, 0.29) is 5.97 Å². The van der Waals surface area contributed by atoms with E-state index in [0.29, 0.717) is 6.42 Å². The molecule has 0 fully saturated rings. The van der Waals surface area contributed by atoms with Gasteiger partial charge in [0.15, 0.2) is 5.96 Å². The Morgan fingerprint density at radius 1 is 1.32 bits per heavy atom. The van der Waals surface area contributed by atoms with E-state index in [1.54, 1.807) is 7.05 Å². The van der Waals surface area contributed by atoms with Crippen LogP contribution in [0.5, 0.6) is 0 Å². The third-order valence-corrected chi connectivity index (χ3v) is 3.56. The van der Waals surface area contributed by atoms with Crippen LogP contribution in [0.15, 0.2) is 29.3 Å². The van der Waals surface area contributed by atoms with Crippen LogP contribution in [0, 0.1) is 6.92 Å². The average molecular weight is 305 g/mol. The molecule has 0 aromatic heterocycles. The zero-order valence-electron chi connectivity index (χ0n) is 14.1. The van der Waals surface area contributed by atoms with Crippen LogP contribution < -0.4 is 5.32 Å². The summed E-state index contributed by atoms with van der Waals surface area (Å²) >= 11 is 0. The van der Waals surface area contributed by atoms with Gasteiger partial charge in [-0.05, 0) is 30.9 Å². The van der Waals surface area contributed by atoms with E-state index in [1.807, 2.05) is 13.1 Å². The normalized spacial score (nSPS) is 11.2. The van der Waals surface area contributed by atoms with Gasteiger partial charge in [0.2, 0.25) is 0 Å². The SMILES string of the molecule is CN=C(NCCCCC(=O)OC)N(C)Cc1ccccc1C. The van der Waals surface area contributed by atoms with E-state index in [4.69, 9.17) is 0 Å². The number of unbranched alkanes of at least 4 members (excludes halogenated alkanes) is 1. The van der Waals surface area contributed by atoms with E-state index < -0.39 is 0 Å². The van der Waals surface area contributed by atoms with Crippen LogP contribution in [0.1, 0.15) is 30.4 Å². The molecule has 0 unspecified atom stereocenters. The molecule has 0 aliphatic heterocycles. The first-order valence-corrected chi connectivity index (χ1v) is 7.61. The maximum Gasteiger partial charge on any atom is 0.305 e. The predicted octanol–water partition coefficient (Wildman–Crippen LogP) is 2.35. The Morgan fingerprint density at radius 2 is 2.05 bits per heavy atom. The molecule has 0 amide bonds. The number of hydrogen-bond acceptors (Lipinski definition) is 3. The number of hydrogen-bond donors (Lipinski definition) is 1. The summed E-state index contributed by atoms with van der Waals surface area (Å²) in [6.45, 7) is 3.72. The summed E-state index contributed by atoms with van der Waals surface area (Å²) < 4.78 is 4.62.